The molecule has 0 saturated carbocycles. The maximum Gasteiger partial charge on any atom is 0.227 e. The number of nitrogens with one attached hydrogen (secondary N) is 1. The van der Waals surface area contributed by atoms with Crippen LogP contribution in [0.15, 0.2) is 24.3 Å². The van der Waals surface area contributed by atoms with Crippen molar-refractivity contribution in [2.75, 3.05) is 27.2 Å². The quantitative estimate of drug-likeness (QED) is 0.902. The zero-order valence-electron chi connectivity index (χ0n) is 12.1. The Morgan fingerprint density at radius 2 is 2.20 bits per heavy atom. The molecule has 1 unspecified atom stereocenters. The van der Waals surface area contributed by atoms with E-state index < -0.39 is 0 Å². The summed E-state index contributed by atoms with van der Waals surface area (Å²) in [5.41, 5.74) is 0.963. The Kier molecular flexibility index (Phi) is 6.82. The molecule has 1 N–H and O–H groups in total. The summed E-state index contributed by atoms with van der Waals surface area (Å²) < 4.78 is 5.30. The molecule has 2 rings (SSSR count). The van der Waals surface area contributed by atoms with Crippen molar-refractivity contribution < 1.29 is 9.53 Å². The molecule has 0 spiro atoms. The van der Waals surface area contributed by atoms with Crippen molar-refractivity contribution in [3.05, 3.63) is 29.8 Å². The minimum absolute atomic E-state index is 0. The maximum absolute atomic E-state index is 12.4. The van der Waals surface area contributed by atoms with Crippen molar-refractivity contribution in [2.45, 2.75) is 25.3 Å². The Balaban J connectivity index is 0.00000200. The highest BCUT2D eigenvalue weighted by Crippen LogP contribution is 2.22. The zero-order chi connectivity index (χ0) is 13.7. The highest BCUT2D eigenvalue weighted by atomic mass is 35.5. The molecule has 20 heavy (non-hydrogen) atoms. The number of amides is 1. The Bertz CT molecular complexity index is 440. The predicted molar refractivity (Wildman–Crippen MR) is 82.6 cm³/mol. The number of rotatable bonds is 5. The molecule has 1 fully saturated rings. The molecule has 1 aromatic carbocycles. The Morgan fingerprint density at radius 3 is 2.90 bits per heavy atom. The summed E-state index contributed by atoms with van der Waals surface area (Å²) in [6.45, 7) is 1.75. The van der Waals surface area contributed by atoms with Gasteiger partial charge in [-0.2, -0.15) is 0 Å². The van der Waals surface area contributed by atoms with Gasteiger partial charge in [-0.1, -0.05) is 18.2 Å². The van der Waals surface area contributed by atoms with Crippen molar-refractivity contribution >= 4 is 18.3 Å². The molecule has 0 aromatic heterocycles. The highest BCUT2D eigenvalue weighted by molar-refractivity contribution is 5.85. The number of hydrogen-bond acceptors (Lipinski definition) is 3. The van der Waals surface area contributed by atoms with Gasteiger partial charge < -0.3 is 15.0 Å². The lowest BCUT2D eigenvalue weighted by atomic mass is 10.1. The number of methoxy groups -OCH3 is 1. The molecule has 1 aromatic rings. The fourth-order valence-electron chi connectivity index (χ4n) is 2.73. The van der Waals surface area contributed by atoms with Crippen molar-refractivity contribution in [1.82, 2.24) is 10.2 Å². The van der Waals surface area contributed by atoms with Gasteiger partial charge in [0.25, 0.3) is 0 Å². The SMILES string of the molecule is CNCC1CCCN1C(=O)Cc1ccccc1OC.Cl. The van der Waals surface area contributed by atoms with E-state index >= 15 is 0 Å². The largest absolute Gasteiger partial charge is 0.496 e. The van der Waals surface area contributed by atoms with E-state index in [0.717, 1.165) is 37.2 Å². The van der Waals surface area contributed by atoms with Gasteiger partial charge in [0, 0.05) is 24.7 Å². The second-order valence-corrected chi connectivity index (χ2v) is 4.93. The number of nitrogens with zero attached hydrogens (tertiary/aromatic N) is 1. The van der Waals surface area contributed by atoms with Crippen molar-refractivity contribution in [2.24, 2.45) is 0 Å². The molecule has 1 aliphatic rings. The van der Waals surface area contributed by atoms with Crippen LogP contribution in [0.2, 0.25) is 0 Å². The zero-order valence-corrected chi connectivity index (χ0v) is 12.9. The molecule has 1 atom stereocenters. The molecule has 1 amide bonds. The minimum Gasteiger partial charge on any atom is -0.496 e. The number of carbonyl (C=O) groups is 1. The molecule has 5 heteroatoms. The summed E-state index contributed by atoms with van der Waals surface area (Å²) in [7, 11) is 3.57. The Morgan fingerprint density at radius 1 is 1.45 bits per heavy atom. The van der Waals surface area contributed by atoms with Gasteiger partial charge in [0.1, 0.15) is 5.75 Å². The normalized spacial score (nSPS) is 17.7. The van der Waals surface area contributed by atoms with E-state index in [2.05, 4.69) is 5.32 Å². The lowest BCUT2D eigenvalue weighted by Gasteiger charge is -2.25. The average molecular weight is 299 g/mol. The first kappa shape index (κ1) is 16.8. The molecule has 0 bridgehead atoms. The van der Waals surface area contributed by atoms with Gasteiger partial charge in [0.15, 0.2) is 0 Å². The summed E-state index contributed by atoms with van der Waals surface area (Å²) in [4.78, 5) is 14.4. The number of carbonyl (C=O) groups excluding carboxylic acids is 1. The molecule has 1 heterocycles. The van der Waals surface area contributed by atoms with Gasteiger partial charge >= 0.3 is 0 Å². The van der Waals surface area contributed by atoms with E-state index in [0.29, 0.717) is 12.5 Å². The van der Waals surface area contributed by atoms with Gasteiger partial charge in [-0.25, -0.2) is 0 Å². The number of hydrogen-bond donors (Lipinski definition) is 1. The van der Waals surface area contributed by atoms with Crippen LogP contribution in [0.1, 0.15) is 18.4 Å². The van der Waals surface area contributed by atoms with Crippen LogP contribution in [0.4, 0.5) is 0 Å². The standard InChI is InChI=1S/C15H22N2O2.ClH/c1-16-11-13-7-5-9-17(13)15(18)10-12-6-3-4-8-14(12)19-2;/h3-4,6,8,13,16H,5,7,9-11H2,1-2H3;1H. The van der Waals surface area contributed by atoms with Crippen LogP contribution in [0.3, 0.4) is 0 Å². The molecule has 0 radical (unpaired) electrons. The van der Waals surface area contributed by atoms with Crippen molar-refractivity contribution in [3.8, 4) is 5.75 Å². The summed E-state index contributed by atoms with van der Waals surface area (Å²) in [5, 5.41) is 3.16. The van der Waals surface area contributed by atoms with Crippen molar-refractivity contribution in [3.63, 3.8) is 0 Å². The third-order valence-corrected chi connectivity index (χ3v) is 3.67. The van der Waals surface area contributed by atoms with Gasteiger partial charge in [-0.3, -0.25) is 4.79 Å². The van der Waals surface area contributed by atoms with Gasteiger partial charge in [0.05, 0.1) is 13.5 Å². The smallest absolute Gasteiger partial charge is 0.227 e. The second kappa shape index (κ2) is 8.12. The van der Waals surface area contributed by atoms with Gasteiger partial charge in [-0.05, 0) is 26.0 Å². The summed E-state index contributed by atoms with van der Waals surface area (Å²) in [6, 6.07) is 8.07. The lowest BCUT2D eigenvalue weighted by molar-refractivity contribution is -0.131. The molecule has 1 saturated heterocycles. The molecular formula is C15H23ClN2O2. The predicted octanol–water partition coefficient (Wildman–Crippen LogP) is 1.87. The van der Waals surface area contributed by atoms with Crippen LogP contribution in [0, 0.1) is 0 Å². The van der Waals surface area contributed by atoms with Crippen LogP contribution >= 0.6 is 12.4 Å². The minimum atomic E-state index is 0. The first-order valence-electron chi connectivity index (χ1n) is 6.82. The first-order chi connectivity index (χ1) is 9.26. The van der Waals surface area contributed by atoms with E-state index in [-0.39, 0.29) is 18.3 Å². The van der Waals surface area contributed by atoms with Crippen LogP contribution in [0.5, 0.6) is 5.75 Å². The van der Waals surface area contributed by atoms with E-state index in [9.17, 15) is 4.79 Å². The first-order valence-corrected chi connectivity index (χ1v) is 6.82. The molecule has 0 aliphatic carbocycles. The molecule has 1 aliphatic heterocycles. The number of halogens is 1. The van der Waals surface area contributed by atoms with E-state index in [1.165, 1.54) is 0 Å². The number of likely N-dealkylation sites (tertiary alicyclic amines) is 1. The van der Waals surface area contributed by atoms with E-state index in [4.69, 9.17) is 4.74 Å². The average Bonchev–Trinajstić information content (AvgIpc) is 2.88. The van der Waals surface area contributed by atoms with E-state index in [1.54, 1.807) is 7.11 Å². The topological polar surface area (TPSA) is 41.6 Å². The fraction of sp³-hybridized carbons (Fsp3) is 0.533. The third kappa shape index (κ3) is 3.87. The summed E-state index contributed by atoms with van der Waals surface area (Å²) >= 11 is 0. The third-order valence-electron chi connectivity index (χ3n) is 3.67. The Labute approximate surface area is 126 Å². The number of benzene rings is 1. The van der Waals surface area contributed by atoms with E-state index in [1.807, 2.05) is 36.2 Å². The van der Waals surface area contributed by atoms with Crippen molar-refractivity contribution in [1.29, 1.82) is 0 Å². The lowest BCUT2D eigenvalue weighted by Crippen LogP contribution is -2.41. The maximum atomic E-state index is 12.4. The fourth-order valence-corrected chi connectivity index (χ4v) is 2.73. The highest BCUT2D eigenvalue weighted by Gasteiger charge is 2.28. The molecule has 4 nitrogen and oxygen atoms in total. The number of ether oxygens (including phenoxy) is 1. The molecular weight excluding hydrogens is 276 g/mol. The summed E-state index contributed by atoms with van der Waals surface area (Å²) in [6.07, 6.45) is 2.62. The van der Waals surface area contributed by atoms with Crippen LogP contribution in [0.25, 0.3) is 0 Å². The van der Waals surface area contributed by atoms with Crippen LogP contribution < -0.4 is 10.1 Å². The summed E-state index contributed by atoms with van der Waals surface area (Å²) in [5.74, 6) is 0.988. The number of likely N-dealkylation sites (N-methyl/N-ethyl adjacent to an activating group) is 1. The second-order valence-electron chi connectivity index (χ2n) is 4.93. The van der Waals surface area contributed by atoms with Crippen LogP contribution in [-0.4, -0.2) is 44.1 Å². The Hall–Kier alpha value is -1.26. The monoisotopic (exact) mass is 298 g/mol. The molecule has 112 valence electrons. The van der Waals surface area contributed by atoms with Gasteiger partial charge in [0.2, 0.25) is 5.91 Å². The number of para-hydroxylation sites is 1. The van der Waals surface area contributed by atoms with Gasteiger partial charge in [-0.15, -0.1) is 12.4 Å². The van der Waals surface area contributed by atoms with Crippen LogP contribution in [-0.2, 0) is 11.2 Å².